The third-order valence-electron chi connectivity index (χ3n) is 3.30. The van der Waals surface area contributed by atoms with Gasteiger partial charge in [-0.3, -0.25) is 4.99 Å². The zero-order valence-electron chi connectivity index (χ0n) is 9.88. The summed E-state index contributed by atoms with van der Waals surface area (Å²) in [6.07, 6.45) is 5.69. The van der Waals surface area contributed by atoms with Crippen LogP contribution >= 0.6 is 11.8 Å². The first kappa shape index (κ1) is 11.3. The van der Waals surface area contributed by atoms with Gasteiger partial charge in [-0.15, -0.1) is 0 Å². The first-order valence-corrected chi connectivity index (χ1v) is 7.05. The summed E-state index contributed by atoms with van der Waals surface area (Å²) in [5.41, 5.74) is 0.393. The van der Waals surface area contributed by atoms with Gasteiger partial charge in [-0.05, 0) is 17.8 Å². The highest BCUT2D eigenvalue weighted by molar-refractivity contribution is 8.13. The Bertz CT molecular complexity index is 244. The van der Waals surface area contributed by atoms with Crippen molar-refractivity contribution in [1.29, 1.82) is 0 Å². The van der Waals surface area contributed by atoms with Crippen LogP contribution in [-0.4, -0.2) is 24.0 Å². The predicted octanol–water partition coefficient (Wildman–Crippen LogP) is 2.90. The summed E-state index contributed by atoms with van der Waals surface area (Å²) in [4.78, 5) is 4.59. The van der Waals surface area contributed by atoms with E-state index in [4.69, 9.17) is 0 Å². The van der Waals surface area contributed by atoms with Gasteiger partial charge in [-0.25, -0.2) is 0 Å². The van der Waals surface area contributed by atoms with Crippen molar-refractivity contribution < 1.29 is 0 Å². The van der Waals surface area contributed by atoms with E-state index in [0.29, 0.717) is 5.41 Å². The molecule has 1 aliphatic carbocycles. The van der Waals surface area contributed by atoms with Crippen molar-refractivity contribution in [3.63, 3.8) is 0 Å². The topological polar surface area (TPSA) is 24.4 Å². The van der Waals surface area contributed by atoms with E-state index in [9.17, 15) is 0 Å². The van der Waals surface area contributed by atoms with Crippen molar-refractivity contribution in [2.24, 2.45) is 16.3 Å². The van der Waals surface area contributed by atoms with E-state index >= 15 is 0 Å². The number of aliphatic imine (C=N–C) groups is 1. The minimum absolute atomic E-state index is 0.393. The molecule has 86 valence electrons. The summed E-state index contributed by atoms with van der Waals surface area (Å²) in [7, 11) is 0. The van der Waals surface area contributed by atoms with E-state index in [1.165, 1.54) is 36.6 Å². The highest BCUT2D eigenvalue weighted by Gasteiger charge is 2.23. The largest absolute Gasteiger partial charge is 0.365 e. The maximum absolute atomic E-state index is 4.59. The van der Waals surface area contributed by atoms with E-state index < -0.39 is 0 Å². The van der Waals surface area contributed by atoms with E-state index in [2.05, 4.69) is 24.2 Å². The Morgan fingerprint density at radius 1 is 1.47 bits per heavy atom. The second-order valence-electron chi connectivity index (χ2n) is 5.59. The van der Waals surface area contributed by atoms with Crippen molar-refractivity contribution >= 4 is 16.9 Å². The molecule has 0 radical (unpaired) electrons. The van der Waals surface area contributed by atoms with E-state index in [0.717, 1.165) is 19.0 Å². The van der Waals surface area contributed by atoms with Gasteiger partial charge >= 0.3 is 0 Å². The van der Waals surface area contributed by atoms with Crippen LogP contribution in [0.25, 0.3) is 0 Å². The summed E-state index contributed by atoms with van der Waals surface area (Å²) < 4.78 is 0. The van der Waals surface area contributed by atoms with E-state index in [1.54, 1.807) is 0 Å². The molecule has 1 fully saturated rings. The fraction of sp³-hybridized carbons (Fsp3) is 0.917. The molecule has 1 heterocycles. The van der Waals surface area contributed by atoms with Crippen molar-refractivity contribution in [2.75, 3.05) is 18.8 Å². The second kappa shape index (κ2) is 4.77. The number of hydrogen-bond acceptors (Lipinski definition) is 3. The minimum atomic E-state index is 0.393. The third-order valence-corrected chi connectivity index (χ3v) is 4.78. The molecule has 2 aliphatic rings. The van der Waals surface area contributed by atoms with Crippen LogP contribution in [-0.2, 0) is 0 Å². The molecule has 0 bridgehead atoms. The third kappa shape index (κ3) is 3.40. The Labute approximate surface area is 97.3 Å². The maximum Gasteiger partial charge on any atom is 0.156 e. The Kier molecular flexibility index (Phi) is 3.60. The summed E-state index contributed by atoms with van der Waals surface area (Å²) in [5.74, 6) is 2.20. The van der Waals surface area contributed by atoms with Gasteiger partial charge in [0.1, 0.15) is 0 Å². The molecule has 3 heteroatoms. The monoisotopic (exact) mass is 226 g/mol. The smallest absolute Gasteiger partial charge is 0.156 e. The van der Waals surface area contributed by atoms with Crippen molar-refractivity contribution in [3.8, 4) is 0 Å². The van der Waals surface area contributed by atoms with Crippen LogP contribution in [0.3, 0.4) is 0 Å². The van der Waals surface area contributed by atoms with Crippen molar-refractivity contribution in [1.82, 2.24) is 5.32 Å². The minimum Gasteiger partial charge on any atom is -0.365 e. The highest BCUT2D eigenvalue weighted by atomic mass is 32.2. The fourth-order valence-corrected chi connectivity index (χ4v) is 2.89. The Balaban J connectivity index is 1.64. The van der Waals surface area contributed by atoms with Crippen LogP contribution in [0.1, 0.15) is 39.5 Å². The Hall–Kier alpha value is -0.180. The Morgan fingerprint density at radius 3 is 2.80 bits per heavy atom. The summed E-state index contributed by atoms with van der Waals surface area (Å²) in [6, 6.07) is 0. The van der Waals surface area contributed by atoms with Gasteiger partial charge in [-0.2, -0.15) is 0 Å². The van der Waals surface area contributed by atoms with Crippen LogP contribution in [0, 0.1) is 11.3 Å². The number of nitrogens with one attached hydrogen (secondary N) is 1. The molecule has 0 saturated heterocycles. The van der Waals surface area contributed by atoms with Gasteiger partial charge in [0.05, 0.1) is 0 Å². The molecule has 0 aromatic rings. The summed E-state index contributed by atoms with van der Waals surface area (Å²) in [5, 5.41) is 4.65. The average Bonchev–Trinajstić information content (AvgIpc) is 2.12. The Morgan fingerprint density at radius 2 is 2.27 bits per heavy atom. The van der Waals surface area contributed by atoms with Gasteiger partial charge in [0.15, 0.2) is 5.17 Å². The lowest BCUT2D eigenvalue weighted by Gasteiger charge is -2.28. The van der Waals surface area contributed by atoms with Gasteiger partial charge < -0.3 is 5.32 Å². The highest BCUT2D eigenvalue weighted by Crippen LogP contribution is 2.29. The number of hydrogen-bond donors (Lipinski definition) is 1. The molecule has 0 atom stereocenters. The van der Waals surface area contributed by atoms with Crippen LogP contribution in [0.4, 0.5) is 0 Å². The molecule has 15 heavy (non-hydrogen) atoms. The first-order valence-electron chi connectivity index (χ1n) is 6.07. The molecule has 0 aromatic heterocycles. The lowest BCUT2D eigenvalue weighted by atomic mass is 9.83. The molecule has 1 saturated carbocycles. The summed E-state index contributed by atoms with van der Waals surface area (Å²) >= 11 is 1.89. The molecule has 0 aromatic carbocycles. The summed E-state index contributed by atoms with van der Waals surface area (Å²) in [6.45, 7) is 6.67. The molecule has 1 aliphatic heterocycles. The number of amidine groups is 1. The zero-order chi connectivity index (χ0) is 10.7. The van der Waals surface area contributed by atoms with Gasteiger partial charge in [0.2, 0.25) is 0 Å². The lowest BCUT2D eigenvalue weighted by Crippen LogP contribution is -2.32. The molecular formula is C12H22N2S. The normalized spacial score (nSPS) is 25.6. The lowest BCUT2D eigenvalue weighted by molar-refractivity contribution is 0.297. The number of rotatable bonds is 3. The molecule has 0 spiro atoms. The molecular weight excluding hydrogens is 204 g/mol. The van der Waals surface area contributed by atoms with Crippen LogP contribution in [0.2, 0.25) is 0 Å². The van der Waals surface area contributed by atoms with Crippen LogP contribution in [0.5, 0.6) is 0 Å². The first-order chi connectivity index (χ1) is 7.16. The number of thioether (sulfide) groups is 1. The molecule has 2 rings (SSSR count). The zero-order valence-corrected chi connectivity index (χ0v) is 10.7. The van der Waals surface area contributed by atoms with Crippen molar-refractivity contribution in [3.05, 3.63) is 0 Å². The molecule has 1 N–H and O–H groups in total. The van der Waals surface area contributed by atoms with Gasteiger partial charge in [0, 0.05) is 18.8 Å². The molecule has 2 nitrogen and oxygen atoms in total. The van der Waals surface area contributed by atoms with E-state index in [-0.39, 0.29) is 0 Å². The van der Waals surface area contributed by atoms with Crippen LogP contribution < -0.4 is 5.32 Å². The molecule has 0 amide bonds. The van der Waals surface area contributed by atoms with Gasteiger partial charge in [-0.1, -0.05) is 44.9 Å². The standard InChI is InChI=1S/C12H22N2S/c1-12(2)8-14-11(15-9-12)13-7-6-10-4-3-5-10/h10H,3-9H2,1-2H3,(H,13,14). The number of nitrogens with zero attached hydrogens (tertiary/aromatic N) is 1. The molecule has 0 unspecified atom stereocenters. The van der Waals surface area contributed by atoms with Gasteiger partial charge in [0.25, 0.3) is 0 Å². The maximum atomic E-state index is 4.59. The fourth-order valence-electron chi connectivity index (χ4n) is 1.91. The quantitative estimate of drug-likeness (QED) is 0.800. The van der Waals surface area contributed by atoms with Crippen molar-refractivity contribution in [2.45, 2.75) is 39.5 Å². The average molecular weight is 226 g/mol. The SMILES string of the molecule is CC1(C)CN=C(NCCC2CCC2)SC1. The van der Waals surface area contributed by atoms with Crippen LogP contribution in [0.15, 0.2) is 4.99 Å². The second-order valence-corrected chi connectivity index (χ2v) is 6.55. The van der Waals surface area contributed by atoms with E-state index in [1.807, 2.05) is 11.8 Å². The predicted molar refractivity (Wildman–Crippen MR) is 68.5 cm³/mol.